The minimum absolute atomic E-state index is 0.287. The van der Waals surface area contributed by atoms with Crippen molar-refractivity contribution in [3.8, 4) is 0 Å². The number of nitrogens with zero attached hydrogens (tertiary/aromatic N) is 3. The van der Waals surface area contributed by atoms with Crippen LogP contribution in [0.15, 0.2) is 12.3 Å². The Morgan fingerprint density at radius 2 is 2.29 bits per heavy atom. The Kier molecular flexibility index (Phi) is 4.50. The average molecular weight is 240 g/mol. The lowest BCUT2D eigenvalue weighted by Crippen LogP contribution is -2.42. The molecule has 0 atom stereocenters. The van der Waals surface area contributed by atoms with Crippen LogP contribution in [-0.2, 0) is 18.4 Å². The van der Waals surface area contributed by atoms with Crippen LogP contribution in [0, 0.1) is 0 Å². The summed E-state index contributed by atoms with van der Waals surface area (Å²) in [4.78, 5) is 23.3. The van der Waals surface area contributed by atoms with Gasteiger partial charge >= 0.3 is 12.0 Å². The second-order valence-corrected chi connectivity index (χ2v) is 3.55. The highest BCUT2D eigenvalue weighted by molar-refractivity contribution is 5.79. The van der Waals surface area contributed by atoms with Crippen molar-refractivity contribution in [3.63, 3.8) is 0 Å². The third kappa shape index (κ3) is 4.13. The summed E-state index contributed by atoms with van der Waals surface area (Å²) in [6.07, 6.45) is 1.77. The number of carboxylic acid groups (broad SMARTS) is 1. The van der Waals surface area contributed by atoms with E-state index < -0.39 is 12.0 Å². The van der Waals surface area contributed by atoms with Gasteiger partial charge in [0.15, 0.2) is 0 Å². The van der Waals surface area contributed by atoms with Crippen LogP contribution in [0.2, 0.25) is 0 Å². The molecule has 0 saturated heterocycles. The topological polar surface area (TPSA) is 87.5 Å². The molecule has 1 rings (SSSR count). The molecule has 0 aliphatic heterocycles. The number of urea groups is 1. The van der Waals surface area contributed by atoms with Gasteiger partial charge in [0.05, 0.1) is 12.2 Å². The minimum atomic E-state index is -1.03. The van der Waals surface area contributed by atoms with Crippen LogP contribution in [0.5, 0.6) is 0 Å². The first kappa shape index (κ1) is 13.0. The number of carbonyl (C=O) groups excluding carboxylic acids is 1. The number of carbonyl (C=O) groups is 2. The molecule has 17 heavy (non-hydrogen) atoms. The number of hydrogen-bond acceptors (Lipinski definition) is 3. The molecular weight excluding hydrogens is 224 g/mol. The Labute approximate surface area is 99.0 Å². The second-order valence-electron chi connectivity index (χ2n) is 3.55. The molecule has 1 aromatic heterocycles. The normalized spacial score (nSPS) is 10.0. The van der Waals surface area contributed by atoms with E-state index in [1.165, 1.54) is 4.90 Å². The molecular formula is C10H16N4O3. The average Bonchev–Trinajstić information content (AvgIpc) is 2.68. The highest BCUT2D eigenvalue weighted by atomic mass is 16.4. The summed E-state index contributed by atoms with van der Waals surface area (Å²) in [6, 6.07) is 1.38. The predicted octanol–water partition coefficient (Wildman–Crippen LogP) is 0.0362. The molecule has 0 aromatic carbocycles. The number of aryl methyl sites for hydroxylation is 1. The van der Waals surface area contributed by atoms with Crippen LogP contribution < -0.4 is 5.32 Å². The van der Waals surface area contributed by atoms with Crippen LogP contribution >= 0.6 is 0 Å². The zero-order valence-electron chi connectivity index (χ0n) is 9.88. The molecule has 0 aliphatic rings. The van der Waals surface area contributed by atoms with Crippen molar-refractivity contribution >= 4 is 12.0 Å². The Bertz CT molecular complexity index is 402. The maximum absolute atomic E-state index is 11.6. The van der Waals surface area contributed by atoms with Gasteiger partial charge in [-0.3, -0.25) is 9.48 Å². The molecule has 0 radical (unpaired) electrons. The van der Waals surface area contributed by atoms with Gasteiger partial charge in [-0.05, 0) is 13.0 Å². The summed E-state index contributed by atoms with van der Waals surface area (Å²) in [7, 11) is 1.79. The van der Waals surface area contributed by atoms with Gasteiger partial charge in [0.2, 0.25) is 0 Å². The lowest BCUT2D eigenvalue weighted by Gasteiger charge is -2.18. The van der Waals surface area contributed by atoms with Crippen LogP contribution in [-0.4, -0.2) is 44.9 Å². The molecule has 1 heterocycles. The number of amides is 2. The fraction of sp³-hybridized carbons (Fsp3) is 0.500. The fourth-order valence-corrected chi connectivity index (χ4v) is 1.33. The van der Waals surface area contributed by atoms with E-state index in [2.05, 4.69) is 10.4 Å². The summed E-state index contributed by atoms with van der Waals surface area (Å²) >= 11 is 0. The van der Waals surface area contributed by atoms with E-state index in [4.69, 9.17) is 5.11 Å². The number of aromatic nitrogens is 2. The quantitative estimate of drug-likeness (QED) is 0.760. The standard InChI is InChI=1S/C10H16N4O3/c1-3-14(7-9(15)16)10(17)11-6-8-4-5-13(2)12-8/h4-5H,3,6-7H2,1-2H3,(H,11,17)(H,15,16). The Morgan fingerprint density at radius 3 is 2.76 bits per heavy atom. The van der Waals surface area contributed by atoms with Gasteiger partial charge in [0.25, 0.3) is 0 Å². The number of aliphatic carboxylic acids is 1. The van der Waals surface area contributed by atoms with Crippen molar-refractivity contribution in [3.05, 3.63) is 18.0 Å². The van der Waals surface area contributed by atoms with Gasteiger partial charge in [0.1, 0.15) is 6.54 Å². The molecule has 0 fully saturated rings. The molecule has 0 saturated carbocycles. The Morgan fingerprint density at radius 1 is 1.59 bits per heavy atom. The monoisotopic (exact) mass is 240 g/mol. The summed E-state index contributed by atoms with van der Waals surface area (Å²) < 4.78 is 1.64. The SMILES string of the molecule is CCN(CC(=O)O)C(=O)NCc1ccn(C)n1. The van der Waals surface area contributed by atoms with Gasteiger partial charge in [-0.1, -0.05) is 0 Å². The minimum Gasteiger partial charge on any atom is -0.480 e. The summed E-state index contributed by atoms with van der Waals surface area (Å²) in [5.74, 6) is -1.03. The molecule has 0 bridgehead atoms. The van der Waals surface area contributed by atoms with Crippen molar-refractivity contribution in [1.82, 2.24) is 20.0 Å². The van der Waals surface area contributed by atoms with Gasteiger partial charge in [0, 0.05) is 19.8 Å². The highest BCUT2D eigenvalue weighted by Crippen LogP contribution is 1.95. The third-order valence-electron chi connectivity index (χ3n) is 2.18. The van der Waals surface area contributed by atoms with Crippen LogP contribution in [0.1, 0.15) is 12.6 Å². The summed E-state index contributed by atoms with van der Waals surface area (Å²) in [6.45, 7) is 2.06. The van der Waals surface area contributed by atoms with Gasteiger partial charge in [-0.15, -0.1) is 0 Å². The van der Waals surface area contributed by atoms with E-state index in [1.54, 1.807) is 30.9 Å². The number of nitrogens with one attached hydrogen (secondary N) is 1. The van der Waals surface area contributed by atoms with Crippen LogP contribution in [0.4, 0.5) is 4.79 Å². The number of rotatable bonds is 5. The van der Waals surface area contributed by atoms with Crippen molar-refractivity contribution in [1.29, 1.82) is 0 Å². The zero-order chi connectivity index (χ0) is 12.8. The van der Waals surface area contributed by atoms with Crippen molar-refractivity contribution in [2.45, 2.75) is 13.5 Å². The maximum atomic E-state index is 11.6. The van der Waals surface area contributed by atoms with E-state index in [-0.39, 0.29) is 13.1 Å². The van der Waals surface area contributed by atoms with Crippen molar-refractivity contribution in [2.24, 2.45) is 7.05 Å². The molecule has 0 unspecified atom stereocenters. The van der Waals surface area contributed by atoms with E-state index in [9.17, 15) is 9.59 Å². The lowest BCUT2D eigenvalue weighted by molar-refractivity contribution is -0.137. The third-order valence-corrected chi connectivity index (χ3v) is 2.18. The predicted molar refractivity (Wildman–Crippen MR) is 60.3 cm³/mol. The number of hydrogen-bond donors (Lipinski definition) is 2. The van der Waals surface area contributed by atoms with E-state index in [0.29, 0.717) is 6.54 Å². The van der Waals surface area contributed by atoms with Crippen LogP contribution in [0.25, 0.3) is 0 Å². The molecule has 0 spiro atoms. The molecule has 2 N–H and O–H groups in total. The zero-order valence-corrected chi connectivity index (χ0v) is 9.88. The first-order chi connectivity index (χ1) is 8.02. The van der Waals surface area contributed by atoms with Crippen LogP contribution in [0.3, 0.4) is 0 Å². The lowest BCUT2D eigenvalue weighted by atomic mass is 10.4. The highest BCUT2D eigenvalue weighted by Gasteiger charge is 2.14. The number of likely N-dealkylation sites (N-methyl/N-ethyl adjacent to an activating group) is 1. The Hall–Kier alpha value is -2.05. The summed E-state index contributed by atoms with van der Waals surface area (Å²) in [5, 5.41) is 15.3. The molecule has 7 heteroatoms. The van der Waals surface area contributed by atoms with Gasteiger partial charge in [-0.2, -0.15) is 5.10 Å². The number of carboxylic acids is 1. The van der Waals surface area contributed by atoms with Gasteiger partial charge < -0.3 is 15.3 Å². The molecule has 2 amide bonds. The Balaban J connectivity index is 2.44. The smallest absolute Gasteiger partial charge is 0.323 e. The molecule has 94 valence electrons. The molecule has 1 aromatic rings. The fourth-order valence-electron chi connectivity index (χ4n) is 1.33. The van der Waals surface area contributed by atoms with E-state index >= 15 is 0 Å². The maximum Gasteiger partial charge on any atom is 0.323 e. The second kappa shape index (κ2) is 5.88. The van der Waals surface area contributed by atoms with Crippen molar-refractivity contribution < 1.29 is 14.7 Å². The molecule has 0 aliphatic carbocycles. The first-order valence-corrected chi connectivity index (χ1v) is 5.26. The largest absolute Gasteiger partial charge is 0.480 e. The van der Waals surface area contributed by atoms with E-state index in [1.807, 2.05) is 0 Å². The van der Waals surface area contributed by atoms with Gasteiger partial charge in [-0.25, -0.2) is 4.79 Å². The molecule has 7 nitrogen and oxygen atoms in total. The summed E-state index contributed by atoms with van der Waals surface area (Å²) in [5.41, 5.74) is 0.729. The van der Waals surface area contributed by atoms with E-state index in [0.717, 1.165) is 5.69 Å². The first-order valence-electron chi connectivity index (χ1n) is 5.26. The van der Waals surface area contributed by atoms with Crippen molar-refractivity contribution in [2.75, 3.05) is 13.1 Å².